The number of hydrogen-bond donors (Lipinski definition) is 1. The molecule has 0 saturated carbocycles. The molecule has 2 atom stereocenters. The predicted octanol–water partition coefficient (Wildman–Crippen LogP) is -0.141. The van der Waals surface area contributed by atoms with Crippen LogP contribution < -0.4 is 5.73 Å². The summed E-state index contributed by atoms with van der Waals surface area (Å²) in [6.45, 7) is 5.66. The predicted molar refractivity (Wildman–Crippen MR) is 68.8 cm³/mol. The number of morpholine rings is 1. The molecule has 0 aromatic carbocycles. The molecule has 2 N–H and O–H groups in total. The second kappa shape index (κ2) is 6.68. The van der Waals surface area contributed by atoms with Crippen molar-refractivity contribution in [2.75, 3.05) is 38.2 Å². The van der Waals surface area contributed by atoms with Gasteiger partial charge in [-0.15, -0.1) is 0 Å². The molecule has 102 valence electrons. The highest BCUT2D eigenvalue weighted by molar-refractivity contribution is 7.90. The van der Waals surface area contributed by atoms with Gasteiger partial charge in [-0.25, -0.2) is 8.42 Å². The summed E-state index contributed by atoms with van der Waals surface area (Å²) in [6.07, 6.45) is 2.80. The lowest BCUT2D eigenvalue weighted by molar-refractivity contribution is -0.0405. The quantitative estimate of drug-likeness (QED) is 0.723. The van der Waals surface area contributed by atoms with E-state index in [0.29, 0.717) is 13.0 Å². The molecular formula is C11H24N2O3S. The van der Waals surface area contributed by atoms with Gasteiger partial charge in [0, 0.05) is 25.4 Å². The van der Waals surface area contributed by atoms with Gasteiger partial charge in [-0.2, -0.15) is 0 Å². The molecule has 1 fully saturated rings. The molecule has 1 aliphatic rings. The van der Waals surface area contributed by atoms with E-state index in [1.165, 1.54) is 6.26 Å². The molecule has 0 bridgehead atoms. The van der Waals surface area contributed by atoms with Gasteiger partial charge in [-0.1, -0.05) is 6.92 Å². The standard InChI is InChI=1S/C11H24N2O3S/c1-3-5-13-6-7-16-11(9-13)10(12)4-8-17(2,14)15/h10-11H,3-9,12H2,1-2H3. The van der Waals surface area contributed by atoms with Gasteiger partial charge < -0.3 is 10.5 Å². The van der Waals surface area contributed by atoms with Crippen LogP contribution in [0, 0.1) is 0 Å². The summed E-state index contributed by atoms with van der Waals surface area (Å²) in [6, 6.07) is -0.190. The lowest BCUT2D eigenvalue weighted by Crippen LogP contribution is -2.51. The van der Waals surface area contributed by atoms with Gasteiger partial charge in [0.15, 0.2) is 0 Å². The first kappa shape index (κ1) is 14.9. The van der Waals surface area contributed by atoms with Crippen LogP contribution in [0.1, 0.15) is 19.8 Å². The van der Waals surface area contributed by atoms with Gasteiger partial charge in [-0.05, 0) is 19.4 Å². The van der Waals surface area contributed by atoms with Crippen molar-refractivity contribution in [1.82, 2.24) is 4.90 Å². The van der Waals surface area contributed by atoms with Crippen LogP contribution in [0.15, 0.2) is 0 Å². The Balaban J connectivity index is 2.38. The van der Waals surface area contributed by atoms with Crippen molar-refractivity contribution in [2.45, 2.75) is 31.9 Å². The molecule has 17 heavy (non-hydrogen) atoms. The summed E-state index contributed by atoms with van der Waals surface area (Å²) in [5.41, 5.74) is 6.00. The average molecular weight is 264 g/mol. The van der Waals surface area contributed by atoms with Gasteiger partial charge in [0.1, 0.15) is 9.84 Å². The fourth-order valence-corrected chi connectivity index (χ4v) is 2.75. The zero-order chi connectivity index (χ0) is 12.9. The summed E-state index contributed by atoms with van der Waals surface area (Å²) < 4.78 is 27.8. The first-order valence-electron chi connectivity index (χ1n) is 6.19. The molecule has 0 aromatic heterocycles. The molecule has 2 unspecified atom stereocenters. The molecule has 0 aliphatic carbocycles. The first-order valence-corrected chi connectivity index (χ1v) is 8.25. The fourth-order valence-electron chi connectivity index (χ4n) is 2.05. The van der Waals surface area contributed by atoms with Crippen molar-refractivity contribution in [2.24, 2.45) is 5.73 Å². The second-order valence-electron chi connectivity index (χ2n) is 4.79. The van der Waals surface area contributed by atoms with Crippen LogP contribution in [-0.2, 0) is 14.6 Å². The Morgan fingerprint density at radius 3 is 2.82 bits per heavy atom. The van der Waals surface area contributed by atoms with Crippen LogP contribution in [0.2, 0.25) is 0 Å². The zero-order valence-electron chi connectivity index (χ0n) is 10.8. The fraction of sp³-hybridized carbons (Fsp3) is 1.00. The molecule has 1 aliphatic heterocycles. The van der Waals surface area contributed by atoms with Gasteiger partial charge in [0.25, 0.3) is 0 Å². The molecule has 0 radical (unpaired) electrons. The first-order chi connectivity index (χ1) is 7.92. The highest BCUT2D eigenvalue weighted by Crippen LogP contribution is 2.11. The van der Waals surface area contributed by atoms with Crippen molar-refractivity contribution in [3.63, 3.8) is 0 Å². The van der Waals surface area contributed by atoms with Crippen molar-refractivity contribution in [1.29, 1.82) is 0 Å². The Kier molecular flexibility index (Phi) is 5.85. The van der Waals surface area contributed by atoms with Gasteiger partial charge in [0.05, 0.1) is 18.5 Å². The molecule has 1 saturated heterocycles. The van der Waals surface area contributed by atoms with Crippen molar-refractivity contribution >= 4 is 9.84 Å². The summed E-state index contributed by atoms with van der Waals surface area (Å²) in [5, 5.41) is 0. The lowest BCUT2D eigenvalue weighted by Gasteiger charge is -2.35. The Morgan fingerprint density at radius 2 is 2.24 bits per heavy atom. The molecule has 6 heteroatoms. The Labute approximate surface area is 104 Å². The Hall–Kier alpha value is -0.170. The number of nitrogens with two attached hydrogens (primary N) is 1. The maximum absolute atomic E-state index is 11.1. The summed E-state index contributed by atoms with van der Waals surface area (Å²) in [5.74, 6) is 0.141. The third-order valence-corrected chi connectivity index (χ3v) is 3.99. The van der Waals surface area contributed by atoms with Gasteiger partial charge in [-0.3, -0.25) is 4.90 Å². The molecule has 5 nitrogen and oxygen atoms in total. The van der Waals surface area contributed by atoms with Crippen LogP contribution in [0.5, 0.6) is 0 Å². The number of nitrogens with zero attached hydrogens (tertiary/aromatic N) is 1. The van der Waals surface area contributed by atoms with Gasteiger partial charge >= 0.3 is 0 Å². The Morgan fingerprint density at radius 1 is 1.53 bits per heavy atom. The molecule has 1 heterocycles. The number of ether oxygens (including phenoxy) is 1. The van der Waals surface area contributed by atoms with Crippen LogP contribution in [0.3, 0.4) is 0 Å². The van der Waals surface area contributed by atoms with Crippen LogP contribution in [0.4, 0.5) is 0 Å². The second-order valence-corrected chi connectivity index (χ2v) is 7.05. The van der Waals surface area contributed by atoms with E-state index in [-0.39, 0.29) is 17.9 Å². The van der Waals surface area contributed by atoms with Crippen molar-refractivity contribution in [3.05, 3.63) is 0 Å². The summed E-state index contributed by atoms with van der Waals surface area (Å²) in [7, 11) is -2.93. The van der Waals surface area contributed by atoms with Crippen LogP contribution >= 0.6 is 0 Å². The van der Waals surface area contributed by atoms with E-state index >= 15 is 0 Å². The highest BCUT2D eigenvalue weighted by Gasteiger charge is 2.25. The number of rotatable bonds is 6. The largest absolute Gasteiger partial charge is 0.374 e. The lowest BCUT2D eigenvalue weighted by atomic mass is 10.1. The van der Waals surface area contributed by atoms with E-state index in [0.717, 1.165) is 26.1 Å². The van der Waals surface area contributed by atoms with Crippen molar-refractivity contribution < 1.29 is 13.2 Å². The van der Waals surface area contributed by atoms with E-state index in [9.17, 15) is 8.42 Å². The maximum Gasteiger partial charge on any atom is 0.147 e. The minimum absolute atomic E-state index is 0.0305. The topological polar surface area (TPSA) is 72.6 Å². The molecule has 0 spiro atoms. The van der Waals surface area contributed by atoms with E-state index < -0.39 is 9.84 Å². The van der Waals surface area contributed by atoms with E-state index in [2.05, 4.69) is 11.8 Å². The van der Waals surface area contributed by atoms with E-state index in [1.807, 2.05) is 0 Å². The minimum atomic E-state index is -2.93. The van der Waals surface area contributed by atoms with E-state index in [4.69, 9.17) is 10.5 Å². The summed E-state index contributed by atoms with van der Waals surface area (Å²) in [4.78, 5) is 2.33. The van der Waals surface area contributed by atoms with Crippen molar-refractivity contribution in [3.8, 4) is 0 Å². The van der Waals surface area contributed by atoms with Gasteiger partial charge in [0.2, 0.25) is 0 Å². The summed E-state index contributed by atoms with van der Waals surface area (Å²) >= 11 is 0. The minimum Gasteiger partial charge on any atom is -0.374 e. The smallest absolute Gasteiger partial charge is 0.147 e. The number of sulfone groups is 1. The highest BCUT2D eigenvalue weighted by atomic mass is 32.2. The monoisotopic (exact) mass is 264 g/mol. The van der Waals surface area contributed by atoms with Crippen LogP contribution in [0.25, 0.3) is 0 Å². The third-order valence-electron chi connectivity index (χ3n) is 3.02. The molecular weight excluding hydrogens is 240 g/mol. The zero-order valence-corrected chi connectivity index (χ0v) is 11.6. The third kappa shape index (κ3) is 5.81. The SMILES string of the molecule is CCCN1CCOC(C(N)CCS(C)(=O)=O)C1. The van der Waals surface area contributed by atoms with E-state index in [1.54, 1.807) is 0 Å². The normalized spacial score (nSPS) is 24.8. The van der Waals surface area contributed by atoms with Crippen LogP contribution in [-0.4, -0.2) is 63.7 Å². The molecule has 0 amide bonds. The molecule has 0 aromatic rings. The number of hydrogen-bond acceptors (Lipinski definition) is 5. The Bertz CT molecular complexity index is 317. The maximum atomic E-state index is 11.1. The average Bonchev–Trinajstić information content (AvgIpc) is 2.26. The molecule has 1 rings (SSSR count).